The molecule has 1 aliphatic heterocycles. The van der Waals surface area contributed by atoms with Gasteiger partial charge < -0.3 is 9.13 Å². The van der Waals surface area contributed by atoms with E-state index in [1.807, 2.05) is 23.1 Å². The zero-order chi connectivity index (χ0) is 37.6. The molecule has 4 heteroatoms. The van der Waals surface area contributed by atoms with Crippen molar-refractivity contribution in [3.63, 3.8) is 0 Å². The molecule has 14 rings (SSSR count). The Hall–Kier alpha value is -6.59. The fourth-order valence-corrected chi connectivity index (χ4v) is 13.2. The van der Waals surface area contributed by atoms with E-state index in [2.05, 4.69) is 191 Å². The minimum Gasteiger partial charge on any atom is -0.309 e. The van der Waals surface area contributed by atoms with Crippen molar-refractivity contribution in [1.29, 1.82) is 0 Å². The largest absolute Gasteiger partial charge is 0.309 e. The molecule has 2 nitrogen and oxygen atoms in total. The van der Waals surface area contributed by atoms with Crippen molar-refractivity contribution in [2.24, 2.45) is 0 Å². The van der Waals surface area contributed by atoms with Gasteiger partial charge in [0.05, 0.1) is 22.1 Å². The molecule has 0 radical (unpaired) electrons. The van der Waals surface area contributed by atoms with Gasteiger partial charge in [-0.15, -0.1) is 23.1 Å². The lowest BCUT2D eigenvalue weighted by atomic mass is 9.90. The summed E-state index contributed by atoms with van der Waals surface area (Å²) in [5.41, 5.74) is 8.83. The van der Waals surface area contributed by atoms with Crippen LogP contribution < -0.4 is 0 Å². The number of para-hydroxylation sites is 2. The lowest BCUT2D eigenvalue weighted by Gasteiger charge is -2.17. The molecule has 4 heterocycles. The van der Waals surface area contributed by atoms with Crippen LogP contribution in [0, 0.1) is 0 Å². The highest BCUT2D eigenvalue weighted by atomic mass is 32.2. The molecule has 9 aromatic carbocycles. The first-order valence-electron chi connectivity index (χ1n) is 20.1. The van der Waals surface area contributed by atoms with Gasteiger partial charge in [-0.25, -0.2) is 0 Å². The summed E-state index contributed by atoms with van der Waals surface area (Å²) in [7, 11) is 0. The minimum atomic E-state index is 0.432. The van der Waals surface area contributed by atoms with Gasteiger partial charge in [0.1, 0.15) is 0 Å². The molecule has 2 atom stereocenters. The molecule has 12 aromatic rings. The molecule has 270 valence electrons. The van der Waals surface area contributed by atoms with E-state index in [0.29, 0.717) is 11.2 Å². The van der Waals surface area contributed by atoms with Crippen molar-refractivity contribution < 1.29 is 0 Å². The number of thioether (sulfide) groups is 1. The van der Waals surface area contributed by atoms with Gasteiger partial charge in [-0.2, -0.15) is 0 Å². The summed E-state index contributed by atoms with van der Waals surface area (Å²) in [6.45, 7) is 0. The van der Waals surface area contributed by atoms with Crippen LogP contribution in [0.2, 0.25) is 0 Å². The van der Waals surface area contributed by atoms with Gasteiger partial charge in [0.25, 0.3) is 0 Å². The highest BCUT2D eigenvalue weighted by Gasteiger charge is 2.32. The maximum absolute atomic E-state index is 2.57. The molecule has 0 spiro atoms. The number of hydrogen-bond donors (Lipinski definition) is 0. The molecule has 3 aromatic heterocycles. The second-order valence-corrected chi connectivity index (χ2v) is 18.2. The SMILES string of the molecule is C1=CC2Sc3cc(-n4c5ccccc5c5c6c7ccccc7c7c8ccccc8n(-c8ccc9c(c8)sc8ccccc89)c7c6c6ccccc6c54)ccc3C2C=C1. The molecule has 0 saturated heterocycles. The molecule has 58 heavy (non-hydrogen) atoms. The number of allylic oxidation sites excluding steroid dienone is 3. The number of aromatic nitrogens is 2. The van der Waals surface area contributed by atoms with E-state index >= 15 is 0 Å². The second kappa shape index (κ2) is 11.5. The Morgan fingerprint density at radius 2 is 0.948 bits per heavy atom. The zero-order valence-corrected chi connectivity index (χ0v) is 32.8. The predicted molar refractivity (Wildman–Crippen MR) is 251 cm³/mol. The second-order valence-electron chi connectivity index (χ2n) is 15.9. The van der Waals surface area contributed by atoms with Crippen LogP contribution in [0.1, 0.15) is 11.5 Å². The van der Waals surface area contributed by atoms with Crippen molar-refractivity contribution >= 4 is 119 Å². The van der Waals surface area contributed by atoms with Gasteiger partial charge in [-0.1, -0.05) is 140 Å². The lowest BCUT2D eigenvalue weighted by Crippen LogP contribution is -2.06. The Morgan fingerprint density at radius 3 is 1.74 bits per heavy atom. The van der Waals surface area contributed by atoms with Gasteiger partial charge in [-0.05, 0) is 64.2 Å². The summed E-state index contributed by atoms with van der Waals surface area (Å²) in [6.07, 6.45) is 9.14. The smallest absolute Gasteiger partial charge is 0.0632 e. The van der Waals surface area contributed by atoms with E-state index in [-0.39, 0.29) is 0 Å². The maximum atomic E-state index is 2.57. The molecule has 1 aliphatic carbocycles. The maximum Gasteiger partial charge on any atom is 0.0632 e. The number of fused-ring (bicyclic) bond motifs is 21. The molecular weight excluding hydrogens is 741 g/mol. The highest BCUT2D eigenvalue weighted by molar-refractivity contribution is 8.00. The number of benzene rings is 9. The van der Waals surface area contributed by atoms with Crippen LogP contribution in [-0.2, 0) is 0 Å². The monoisotopic (exact) mass is 772 g/mol. The summed E-state index contributed by atoms with van der Waals surface area (Å²) in [5, 5.41) is 16.0. The fourth-order valence-electron chi connectivity index (χ4n) is 10.7. The van der Waals surface area contributed by atoms with Crippen LogP contribution >= 0.6 is 23.1 Å². The van der Waals surface area contributed by atoms with Crippen molar-refractivity contribution in [3.05, 3.63) is 188 Å². The number of nitrogens with zero attached hydrogens (tertiary/aromatic N) is 2. The Balaban J connectivity index is 1.19. The molecule has 0 amide bonds. The third-order valence-corrected chi connectivity index (χ3v) is 15.4. The summed E-state index contributed by atoms with van der Waals surface area (Å²) >= 11 is 3.89. The average Bonchev–Trinajstić information content (AvgIpc) is 4.03. The standard InChI is InChI=1S/C54H32N2S2/c1-2-16-38-37(15-1)49-41-19-5-9-21-43(41)56(32-26-28-36-34-14-8-12-24-46(34)58-48(36)30-32)54(49)51-39-17-3-4-18-40(39)53-52(50(38)51)42-20-6-10-22-44(42)55(53)31-25-27-35-33-13-7-11-23-45(33)57-47(35)29-31/h1-30,33,45H. The first-order chi connectivity index (χ1) is 28.8. The molecule has 0 saturated carbocycles. The van der Waals surface area contributed by atoms with E-state index < -0.39 is 0 Å². The van der Waals surface area contributed by atoms with E-state index in [0.717, 1.165) is 0 Å². The zero-order valence-electron chi connectivity index (χ0n) is 31.2. The van der Waals surface area contributed by atoms with Gasteiger partial charge in [0.15, 0.2) is 0 Å². The fraction of sp³-hybridized carbons (Fsp3) is 0.0370. The van der Waals surface area contributed by atoms with Crippen LogP contribution in [0.5, 0.6) is 0 Å². The van der Waals surface area contributed by atoms with Gasteiger partial charge in [-0.3, -0.25) is 0 Å². The molecule has 2 unspecified atom stereocenters. The molecular formula is C54H32N2S2. The summed E-state index contributed by atoms with van der Waals surface area (Å²) in [5.74, 6) is 0.432. The van der Waals surface area contributed by atoms with Crippen molar-refractivity contribution in [2.45, 2.75) is 16.1 Å². The number of thiophene rings is 1. The lowest BCUT2D eigenvalue weighted by molar-refractivity contribution is 0.879. The van der Waals surface area contributed by atoms with E-state index in [1.54, 1.807) is 0 Å². The van der Waals surface area contributed by atoms with Gasteiger partial charge in [0, 0.05) is 85.3 Å². The van der Waals surface area contributed by atoms with Crippen LogP contribution in [0.15, 0.2) is 187 Å². The topological polar surface area (TPSA) is 9.86 Å². The quantitative estimate of drug-likeness (QED) is 0.159. The molecule has 0 bridgehead atoms. The molecule has 0 fully saturated rings. The number of rotatable bonds is 2. The Morgan fingerprint density at radius 1 is 0.397 bits per heavy atom. The van der Waals surface area contributed by atoms with Crippen molar-refractivity contribution in [3.8, 4) is 11.4 Å². The van der Waals surface area contributed by atoms with Crippen molar-refractivity contribution in [1.82, 2.24) is 9.13 Å². The van der Waals surface area contributed by atoms with Crippen LogP contribution in [0.3, 0.4) is 0 Å². The Labute approximate surface area is 341 Å². The summed E-state index contributed by atoms with van der Waals surface area (Å²) < 4.78 is 7.77. The predicted octanol–water partition coefficient (Wildman–Crippen LogP) is 15.4. The highest BCUT2D eigenvalue weighted by Crippen LogP contribution is 2.52. The van der Waals surface area contributed by atoms with Crippen LogP contribution in [-0.4, -0.2) is 14.4 Å². The van der Waals surface area contributed by atoms with Crippen LogP contribution in [0.4, 0.5) is 0 Å². The third kappa shape index (κ3) is 4.03. The normalized spacial score (nSPS) is 16.4. The Kier molecular flexibility index (Phi) is 6.25. The van der Waals surface area contributed by atoms with Gasteiger partial charge in [0.2, 0.25) is 0 Å². The van der Waals surface area contributed by atoms with Crippen molar-refractivity contribution in [2.75, 3.05) is 0 Å². The summed E-state index contributed by atoms with van der Waals surface area (Å²) in [4.78, 5) is 1.38. The van der Waals surface area contributed by atoms with Gasteiger partial charge >= 0.3 is 0 Å². The summed E-state index contributed by atoms with van der Waals surface area (Å²) in [6, 6.07) is 59.6. The molecule has 2 aliphatic rings. The first kappa shape index (κ1) is 31.5. The van der Waals surface area contributed by atoms with E-state index in [9.17, 15) is 0 Å². The Bertz CT molecular complexity index is 3850. The first-order valence-corrected chi connectivity index (χ1v) is 21.8. The molecule has 0 N–H and O–H groups in total. The van der Waals surface area contributed by atoms with Crippen LogP contribution in [0.25, 0.3) is 107 Å². The average molecular weight is 773 g/mol. The van der Waals surface area contributed by atoms with E-state index in [4.69, 9.17) is 0 Å². The minimum absolute atomic E-state index is 0.432. The number of hydrogen-bond acceptors (Lipinski definition) is 2. The van der Waals surface area contributed by atoms with E-state index in [1.165, 1.54) is 118 Å². The third-order valence-electron chi connectivity index (χ3n) is 13.0.